The van der Waals surface area contributed by atoms with Crippen molar-refractivity contribution in [2.75, 3.05) is 12.4 Å². The number of methoxy groups -OCH3 is 1. The lowest BCUT2D eigenvalue weighted by Crippen LogP contribution is -2.30. The van der Waals surface area contributed by atoms with E-state index in [9.17, 15) is 9.59 Å². The SMILES string of the molecule is COCc1c(Br)cccc1NC1CC(=O)NC1=O. The molecule has 1 aromatic carbocycles. The van der Waals surface area contributed by atoms with Gasteiger partial charge in [-0.15, -0.1) is 0 Å². The molecule has 1 saturated heterocycles. The number of rotatable bonds is 4. The fourth-order valence-electron chi connectivity index (χ4n) is 1.84. The first kappa shape index (κ1) is 13.0. The lowest BCUT2D eigenvalue weighted by atomic mass is 10.1. The minimum Gasteiger partial charge on any atom is -0.380 e. The molecule has 96 valence electrons. The summed E-state index contributed by atoms with van der Waals surface area (Å²) in [6.07, 6.45) is 0.164. The molecule has 2 N–H and O–H groups in total. The summed E-state index contributed by atoms with van der Waals surface area (Å²) >= 11 is 3.44. The summed E-state index contributed by atoms with van der Waals surface area (Å²) in [7, 11) is 1.61. The maximum atomic E-state index is 11.5. The lowest BCUT2D eigenvalue weighted by Gasteiger charge is -2.16. The Balaban J connectivity index is 2.21. The molecule has 0 aromatic heterocycles. The second-order valence-corrected chi connectivity index (χ2v) is 4.87. The number of nitrogens with one attached hydrogen (secondary N) is 2. The maximum Gasteiger partial charge on any atom is 0.249 e. The first-order valence-corrected chi connectivity index (χ1v) is 6.27. The van der Waals surface area contributed by atoms with Gasteiger partial charge in [0.05, 0.1) is 13.0 Å². The molecule has 0 radical (unpaired) electrons. The molecule has 1 heterocycles. The minimum atomic E-state index is -0.512. The third kappa shape index (κ3) is 2.70. The number of imide groups is 1. The number of ether oxygens (including phenoxy) is 1. The number of carbonyl (C=O) groups is 2. The smallest absolute Gasteiger partial charge is 0.249 e. The van der Waals surface area contributed by atoms with E-state index in [2.05, 4.69) is 26.6 Å². The summed E-state index contributed by atoms with van der Waals surface area (Å²) < 4.78 is 6.03. The van der Waals surface area contributed by atoms with Crippen LogP contribution in [-0.2, 0) is 20.9 Å². The Hall–Kier alpha value is -1.40. The van der Waals surface area contributed by atoms with Crippen molar-refractivity contribution in [3.63, 3.8) is 0 Å². The Morgan fingerprint density at radius 1 is 1.50 bits per heavy atom. The number of hydrogen-bond donors (Lipinski definition) is 2. The maximum absolute atomic E-state index is 11.5. The van der Waals surface area contributed by atoms with Crippen molar-refractivity contribution < 1.29 is 14.3 Å². The quantitative estimate of drug-likeness (QED) is 0.825. The van der Waals surface area contributed by atoms with Gasteiger partial charge in [-0.1, -0.05) is 22.0 Å². The fourth-order valence-corrected chi connectivity index (χ4v) is 2.32. The van der Waals surface area contributed by atoms with Gasteiger partial charge in [0.15, 0.2) is 0 Å². The topological polar surface area (TPSA) is 67.4 Å². The molecule has 0 bridgehead atoms. The molecule has 5 nitrogen and oxygen atoms in total. The molecule has 1 fully saturated rings. The van der Waals surface area contributed by atoms with E-state index in [1.807, 2.05) is 18.2 Å². The Morgan fingerprint density at radius 3 is 2.89 bits per heavy atom. The van der Waals surface area contributed by atoms with E-state index < -0.39 is 6.04 Å². The average Bonchev–Trinajstić information content (AvgIpc) is 2.62. The van der Waals surface area contributed by atoms with Crippen LogP contribution in [0.5, 0.6) is 0 Å². The van der Waals surface area contributed by atoms with Gasteiger partial charge in [-0.05, 0) is 12.1 Å². The van der Waals surface area contributed by atoms with Crippen LogP contribution in [0, 0.1) is 0 Å². The van der Waals surface area contributed by atoms with E-state index in [0.717, 1.165) is 15.7 Å². The summed E-state index contributed by atoms with van der Waals surface area (Å²) in [5.74, 6) is -0.538. The Kier molecular flexibility index (Phi) is 3.98. The molecular formula is C12H13BrN2O3. The van der Waals surface area contributed by atoms with Crippen LogP contribution in [0.1, 0.15) is 12.0 Å². The van der Waals surface area contributed by atoms with Gasteiger partial charge >= 0.3 is 0 Å². The van der Waals surface area contributed by atoms with Gasteiger partial charge in [0.1, 0.15) is 6.04 Å². The van der Waals surface area contributed by atoms with Gasteiger partial charge < -0.3 is 10.1 Å². The highest BCUT2D eigenvalue weighted by molar-refractivity contribution is 9.10. The summed E-state index contributed by atoms with van der Waals surface area (Å²) in [6, 6.07) is 5.11. The number of amides is 2. The molecule has 0 saturated carbocycles. The number of carbonyl (C=O) groups excluding carboxylic acids is 2. The summed E-state index contributed by atoms with van der Waals surface area (Å²) in [4.78, 5) is 22.6. The van der Waals surface area contributed by atoms with Gasteiger partial charge in [-0.3, -0.25) is 14.9 Å². The highest BCUT2D eigenvalue weighted by Gasteiger charge is 2.30. The van der Waals surface area contributed by atoms with Crippen LogP contribution in [0.2, 0.25) is 0 Å². The highest BCUT2D eigenvalue weighted by Crippen LogP contribution is 2.26. The molecule has 0 aliphatic carbocycles. The Labute approximate surface area is 113 Å². The zero-order valence-corrected chi connectivity index (χ0v) is 11.4. The Morgan fingerprint density at radius 2 is 2.28 bits per heavy atom. The number of benzene rings is 1. The van der Waals surface area contributed by atoms with Gasteiger partial charge in [-0.25, -0.2) is 0 Å². The van der Waals surface area contributed by atoms with E-state index in [0.29, 0.717) is 6.61 Å². The van der Waals surface area contributed by atoms with E-state index in [4.69, 9.17) is 4.74 Å². The molecule has 6 heteroatoms. The first-order chi connectivity index (χ1) is 8.61. The third-order valence-electron chi connectivity index (χ3n) is 2.71. The van der Waals surface area contributed by atoms with Crippen molar-refractivity contribution in [3.8, 4) is 0 Å². The Bertz CT molecular complexity index is 490. The standard InChI is InChI=1S/C12H13BrN2O3/c1-18-6-7-8(13)3-2-4-9(7)14-10-5-11(16)15-12(10)17/h2-4,10,14H,5-6H2,1H3,(H,15,16,17). The van der Waals surface area contributed by atoms with Crippen LogP contribution in [0.15, 0.2) is 22.7 Å². The zero-order valence-electron chi connectivity index (χ0n) is 9.83. The number of hydrogen-bond acceptors (Lipinski definition) is 4. The van der Waals surface area contributed by atoms with Gasteiger partial charge in [0.2, 0.25) is 11.8 Å². The van der Waals surface area contributed by atoms with Gasteiger partial charge in [0, 0.05) is 22.8 Å². The molecule has 2 amide bonds. The predicted octanol–water partition coefficient (Wildman–Crippen LogP) is 1.42. The van der Waals surface area contributed by atoms with Crippen molar-refractivity contribution in [3.05, 3.63) is 28.2 Å². The molecule has 1 unspecified atom stereocenters. The molecule has 1 aliphatic rings. The summed E-state index contributed by atoms with van der Waals surface area (Å²) in [5.41, 5.74) is 1.72. The first-order valence-electron chi connectivity index (χ1n) is 5.48. The zero-order chi connectivity index (χ0) is 13.1. The van der Waals surface area contributed by atoms with Crippen molar-refractivity contribution >= 4 is 33.4 Å². The van der Waals surface area contributed by atoms with Gasteiger partial charge in [-0.2, -0.15) is 0 Å². The minimum absolute atomic E-state index is 0.164. The third-order valence-corrected chi connectivity index (χ3v) is 3.45. The van der Waals surface area contributed by atoms with Gasteiger partial charge in [0.25, 0.3) is 0 Å². The van der Waals surface area contributed by atoms with Crippen molar-refractivity contribution in [2.24, 2.45) is 0 Å². The van der Waals surface area contributed by atoms with Crippen LogP contribution >= 0.6 is 15.9 Å². The summed E-state index contributed by atoms with van der Waals surface area (Å²) in [5, 5.41) is 5.34. The second kappa shape index (κ2) is 5.49. The predicted molar refractivity (Wildman–Crippen MR) is 70.0 cm³/mol. The fraction of sp³-hybridized carbons (Fsp3) is 0.333. The molecule has 1 aromatic rings. The van der Waals surface area contributed by atoms with Crippen molar-refractivity contribution in [1.29, 1.82) is 0 Å². The monoisotopic (exact) mass is 312 g/mol. The van der Waals surface area contributed by atoms with Crippen molar-refractivity contribution in [1.82, 2.24) is 5.32 Å². The van der Waals surface area contributed by atoms with E-state index >= 15 is 0 Å². The van der Waals surface area contributed by atoms with E-state index in [1.54, 1.807) is 7.11 Å². The van der Waals surface area contributed by atoms with Crippen LogP contribution in [0.3, 0.4) is 0 Å². The van der Waals surface area contributed by atoms with E-state index in [1.165, 1.54) is 0 Å². The van der Waals surface area contributed by atoms with Crippen LogP contribution in [0.25, 0.3) is 0 Å². The molecule has 1 aliphatic heterocycles. The average molecular weight is 313 g/mol. The molecule has 18 heavy (non-hydrogen) atoms. The molecule has 1 atom stereocenters. The van der Waals surface area contributed by atoms with E-state index in [-0.39, 0.29) is 18.2 Å². The number of anilines is 1. The number of halogens is 1. The second-order valence-electron chi connectivity index (χ2n) is 4.01. The normalized spacial score (nSPS) is 18.9. The summed E-state index contributed by atoms with van der Waals surface area (Å²) in [6.45, 7) is 0.423. The largest absolute Gasteiger partial charge is 0.380 e. The molecule has 0 spiro atoms. The lowest BCUT2D eigenvalue weighted by molar-refractivity contribution is -0.124. The van der Waals surface area contributed by atoms with Crippen LogP contribution < -0.4 is 10.6 Å². The van der Waals surface area contributed by atoms with Crippen LogP contribution in [-0.4, -0.2) is 25.0 Å². The van der Waals surface area contributed by atoms with Crippen molar-refractivity contribution in [2.45, 2.75) is 19.1 Å². The van der Waals surface area contributed by atoms with Crippen LogP contribution in [0.4, 0.5) is 5.69 Å². The highest BCUT2D eigenvalue weighted by atomic mass is 79.9. The molecule has 2 rings (SSSR count). The molecular weight excluding hydrogens is 300 g/mol.